The number of amides is 1. The molecule has 0 radical (unpaired) electrons. The summed E-state index contributed by atoms with van der Waals surface area (Å²) in [5.41, 5.74) is 8.29. The van der Waals surface area contributed by atoms with E-state index in [9.17, 15) is 4.79 Å². The van der Waals surface area contributed by atoms with Gasteiger partial charge in [-0.15, -0.1) is 0 Å². The molecule has 2 rings (SSSR count). The minimum absolute atomic E-state index is 0.411. The van der Waals surface area contributed by atoms with Crippen LogP contribution in [0.2, 0.25) is 5.02 Å². The quantitative estimate of drug-likeness (QED) is 0.158. The second-order valence-electron chi connectivity index (χ2n) is 9.41. The Kier molecular flexibility index (Phi) is 14.1. The maximum atomic E-state index is 11.8. The molecule has 1 atom stereocenters. The Morgan fingerprint density at radius 2 is 1.83 bits per heavy atom. The highest BCUT2D eigenvalue weighted by molar-refractivity contribution is 7.80. The van der Waals surface area contributed by atoms with Crippen molar-refractivity contribution >= 4 is 35.8 Å². The molecule has 194 valence electrons. The monoisotopic (exact) mass is 518 g/mol. The van der Waals surface area contributed by atoms with E-state index in [1.165, 1.54) is 37.7 Å². The van der Waals surface area contributed by atoms with Gasteiger partial charge in [-0.05, 0) is 86.6 Å². The molecule has 0 spiro atoms. The van der Waals surface area contributed by atoms with Gasteiger partial charge in [-0.1, -0.05) is 56.3 Å². The van der Waals surface area contributed by atoms with E-state index in [-0.39, 0.29) is 0 Å². The van der Waals surface area contributed by atoms with Gasteiger partial charge in [-0.3, -0.25) is 4.79 Å². The molecule has 4 nitrogen and oxygen atoms in total. The molecule has 0 fully saturated rings. The first-order chi connectivity index (χ1) is 16.9. The summed E-state index contributed by atoms with van der Waals surface area (Å²) in [7, 11) is 0. The fraction of sp³-hybridized carbons (Fsp3) is 0.552. The smallest absolute Gasteiger partial charge is 0.248 e. The number of ether oxygens (including phenoxy) is 1. The van der Waals surface area contributed by atoms with Gasteiger partial charge in [0.2, 0.25) is 5.91 Å². The number of hydrogen-bond donors (Lipinski definition) is 2. The topological polar surface area (TPSA) is 55.6 Å². The van der Waals surface area contributed by atoms with Gasteiger partial charge < -0.3 is 15.4 Å². The van der Waals surface area contributed by atoms with Crippen molar-refractivity contribution in [3.63, 3.8) is 0 Å². The first-order valence-corrected chi connectivity index (χ1v) is 14.1. The number of carbonyl (C=O) groups excluding carboxylic acids is 1. The molecule has 0 heterocycles. The Morgan fingerprint density at radius 1 is 1.06 bits per heavy atom. The first-order valence-electron chi connectivity index (χ1n) is 13.1. The van der Waals surface area contributed by atoms with E-state index in [4.69, 9.17) is 22.1 Å². The van der Waals surface area contributed by atoms with Gasteiger partial charge in [-0.25, -0.2) is 0 Å². The highest BCUT2D eigenvalue weighted by Gasteiger charge is 2.14. The summed E-state index contributed by atoms with van der Waals surface area (Å²) in [6.07, 6.45) is 10.4. The summed E-state index contributed by atoms with van der Waals surface area (Å²) in [4.78, 5) is 14.1. The number of halogens is 1. The maximum absolute atomic E-state index is 11.8. The van der Waals surface area contributed by atoms with Crippen LogP contribution in [0.1, 0.15) is 81.1 Å². The minimum atomic E-state index is -0.411. The van der Waals surface area contributed by atoms with Crippen molar-refractivity contribution in [2.45, 2.75) is 71.6 Å². The van der Waals surface area contributed by atoms with Crippen LogP contribution in [0.25, 0.3) is 0 Å². The number of aryl methyl sites for hydroxylation is 1. The standard InChI is InChI=1S/C29H43ClN2O2S/c1-3-32(18-9-6-4-5-7-12-23(2)22-35)27-21-25(29(31)33)16-17-28(27)34-19-10-8-13-24-14-11-15-26(30)20-24/h11,14-17,20-21,23,35H,3-10,12-13,18-19,22H2,1-2H3,(H2,31,33)/t23-/m0/s1. The van der Waals surface area contributed by atoms with E-state index < -0.39 is 5.91 Å². The molecule has 1 amide bonds. The summed E-state index contributed by atoms with van der Waals surface area (Å²) in [5.74, 6) is 2.09. The number of hydrogen-bond acceptors (Lipinski definition) is 4. The van der Waals surface area contributed by atoms with Crippen molar-refractivity contribution in [1.29, 1.82) is 0 Å². The van der Waals surface area contributed by atoms with Crippen LogP contribution in [0.4, 0.5) is 5.69 Å². The lowest BCUT2D eigenvalue weighted by Gasteiger charge is -2.26. The van der Waals surface area contributed by atoms with Gasteiger partial charge in [0.15, 0.2) is 0 Å². The predicted octanol–water partition coefficient (Wildman–Crippen LogP) is 7.57. The molecule has 6 heteroatoms. The molecule has 0 aliphatic carbocycles. The molecule has 0 unspecified atom stereocenters. The Balaban J connectivity index is 1.86. The lowest BCUT2D eigenvalue weighted by Crippen LogP contribution is -2.25. The van der Waals surface area contributed by atoms with Crippen molar-refractivity contribution in [3.8, 4) is 5.75 Å². The Morgan fingerprint density at radius 3 is 2.54 bits per heavy atom. The molecule has 2 N–H and O–H groups in total. The van der Waals surface area contributed by atoms with Crippen LogP contribution in [0.5, 0.6) is 5.75 Å². The first kappa shape index (κ1) is 29.4. The summed E-state index contributed by atoms with van der Waals surface area (Å²) in [5, 5.41) is 0.778. The van der Waals surface area contributed by atoms with Crippen molar-refractivity contribution in [2.24, 2.45) is 11.7 Å². The summed E-state index contributed by atoms with van der Waals surface area (Å²) >= 11 is 10.5. The molecule has 2 aromatic rings. The maximum Gasteiger partial charge on any atom is 0.248 e. The van der Waals surface area contributed by atoms with Gasteiger partial charge in [0.1, 0.15) is 5.75 Å². The van der Waals surface area contributed by atoms with Crippen molar-refractivity contribution in [3.05, 3.63) is 58.6 Å². The number of thiol groups is 1. The van der Waals surface area contributed by atoms with Crippen LogP contribution in [0.3, 0.4) is 0 Å². The highest BCUT2D eigenvalue weighted by atomic mass is 35.5. The van der Waals surface area contributed by atoms with E-state index in [0.29, 0.717) is 18.1 Å². The van der Waals surface area contributed by atoms with E-state index >= 15 is 0 Å². The fourth-order valence-corrected chi connectivity index (χ4v) is 4.61. The molecular formula is C29H43ClN2O2S. The number of nitrogens with zero attached hydrogens (tertiary/aromatic N) is 1. The van der Waals surface area contributed by atoms with Crippen molar-refractivity contribution in [2.75, 3.05) is 30.3 Å². The largest absolute Gasteiger partial charge is 0.491 e. The van der Waals surface area contributed by atoms with Crippen LogP contribution in [-0.4, -0.2) is 31.4 Å². The van der Waals surface area contributed by atoms with Crippen molar-refractivity contribution < 1.29 is 9.53 Å². The Bertz CT molecular complexity index is 893. The zero-order valence-electron chi connectivity index (χ0n) is 21.5. The summed E-state index contributed by atoms with van der Waals surface area (Å²) in [6.45, 7) is 6.84. The SMILES string of the molecule is CCN(CCCCCCC[C@H](C)CS)c1cc(C(N)=O)ccc1OCCCCc1cccc(Cl)c1. The number of carbonyl (C=O) groups is 1. The van der Waals surface area contributed by atoms with Gasteiger partial charge in [0.05, 0.1) is 12.3 Å². The third-order valence-electron chi connectivity index (χ3n) is 6.41. The molecule has 35 heavy (non-hydrogen) atoms. The Labute approximate surface area is 223 Å². The summed E-state index contributed by atoms with van der Waals surface area (Å²) in [6, 6.07) is 13.5. The second-order valence-corrected chi connectivity index (χ2v) is 10.2. The van der Waals surface area contributed by atoms with Gasteiger partial charge in [0, 0.05) is 23.7 Å². The lowest BCUT2D eigenvalue weighted by molar-refractivity contribution is 0.100. The van der Waals surface area contributed by atoms with E-state index in [1.54, 1.807) is 6.07 Å². The lowest BCUT2D eigenvalue weighted by atomic mass is 10.0. The fourth-order valence-electron chi connectivity index (χ4n) is 4.21. The van der Waals surface area contributed by atoms with Crippen molar-refractivity contribution in [1.82, 2.24) is 0 Å². The normalized spacial score (nSPS) is 11.9. The molecule has 0 aliphatic rings. The number of unbranched alkanes of at least 4 members (excludes halogenated alkanes) is 5. The number of anilines is 1. The van der Waals surface area contributed by atoms with Crippen LogP contribution >= 0.6 is 24.2 Å². The molecular weight excluding hydrogens is 476 g/mol. The number of nitrogens with two attached hydrogens (primary N) is 1. The zero-order valence-corrected chi connectivity index (χ0v) is 23.1. The van der Waals surface area contributed by atoms with Gasteiger partial charge in [-0.2, -0.15) is 12.6 Å². The number of benzene rings is 2. The molecule has 0 saturated heterocycles. The average Bonchev–Trinajstić information content (AvgIpc) is 2.85. The van der Waals surface area contributed by atoms with Gasteiger partial charge >= 0.3 is 0 Å². The Hall–Kier alpha value is -1.85. The predicted molar refractivity (Wildman–Crippen MR) is 153 cm³/mol. The van der Waals surface area contributed by atoms with E-state index in [1.807, 2.05) is 30.3 Å². The third-order valence-corrected chi connectivity index (χ3v) is 7.27. The molecule has 0 bridgehead atoms. The number of rotatable bonds is 18. The number of primary amides is 1. The zero-order chi connectivity index (χ0) is 25.5. The third kappa shape index (κ3) is 11.2. The van der Waals surface area contributed by atoms with Crippen LogP contribution in [0.15, 0.2) is 42.5 Å². The van der Waals surface area contributed by atoms with Crippen LogP contribution in [0, 0.1) is 5.92 Å². The second kappa shape index (κ2) is 16.8. The van der Waals surface area contributed by atoms with E-state index in [2.05, 4.69) is 37.4 Å². The molecule has 0 aromatic heterocycles. The van der Waals surface area contributed by atoms with Crippen LogP contribution in [-0.2, 0) is 6.42 Å². The molecule has 0 saturated carbocycles. The molecule has 2 aromatic carbocycles. The average molecular weight is 519 g/mol. The highest BCUT2D eigenvalue weighted by Crippen LogP contribution is 2.30. The summed E-state index contributed by atoms with van der Waals surface area (Å²) < 4.78 is 6.18. The minimum Gasteiger partial charge on any atom is -0.491 e. The van der Waals surface area contributed by atoms with Gasteiger partial charge in [0.25, 0.3) is 0 Å². The molecule has 0 aliphatic heterocycles. The van der Waals surface area contributed by atoms with E-state index in [0.717, 1.165) is 61.0 Å². The van der Waals surface area contributed by atoms with Crippen LogP contribution < -0.4 is 15.4 Å².